The molecule has 0 unspecified atom stereocenters. The van der Waals surface area contributed by atoms with Crippen LogP contribution in [-0.2, 0) is 0 Å². The Hall–Kier alpha value is -2.09. The summed E-state index contributed by atoms with van der Waals surface area (Å²) >= 11 is 0. The number of nitrogens with one attached hydrogen (secondary N) is 1. The van der Waals surface area contributed by atoms with Crippen LogP contribution in [0.2, 0.25) is 0 Å². The Labute approximate surface area is 115 Å². The van der Waals surface area contributed by atoms with Crippen LogP contribution in [0.15, 0.2) is 53.3 Å². The third kappa shape index (κ3) is 4.59. The minimum absolute atomic E-state index is 1.04. The Morgan fingerprint density at radius 2 is 1.89 bits per heavy atom. The molecule has 0 aliphatic carbocycles. The monoisotopic (exact) mass is 254 g/mol. The summed E-state index contributed by atoms with van der Waals surface area (Å²) in [5.74, 6) is 0. The second-order valence-corrected chi connectivity index (χ2v) is 4.09. The van der Waals surface area contributed by atoms with Crippen LogP contribution in [0.4, 0.5) is 0 Å². The van der Waals surface area contributed by atoms with Gasteiger partial charge in [0.05, 0.1) is 0 Å². The highest BCUT2D eigenvalue weighted by molar-refractivity contribution is 5.54. The van der Waals surface area contributed by atoms with Crippen LogP contribution in [0.3, 0.4) is 0 Å². The molecule has 1 N–H and O–H groups in total. The first kappa shape index (κ1) is 15.0. The molecule has 0 amide bonds. The standard InChI is InChI=1S/C17H22N2/c1-5-15-10-8-9-11-17(15)14(4)19-16(6-2)12-13-18-7-3/h5-13,19H,1-4H3/b13-12-,15-5-,16-6+,17-14+,18-7-. The number of nitrogens with zero attached hydrogens (tertiary/aromatic N) is 1. The van der Waals surface area contributed by atoms with Gasteiger partial charge >= 0.3 is 0 Å². The molecule has 2 nitrogen and oxygen atoms in total. The van der Waals surface area contributed by atoms with Gasteiger partial charge in [-0.1, -0.05) is 36.4 Å². The maximum atomic E-state index is 4.07. The zero-order valence-electron chi connectivity index (χ0n) is 12.1. The van der Waals surface area contributed by atoms with Crippen LogP contribution in [0.25, 0.3) is 11.8 Å². The fourth-order valence-electron chi connectivity index (χ4n) is 1.79. The predicted molar refractivity (Wildman–Crippen MR) is 85.1 cm³/mol. The first-order valence-electron chi connectivity index (χ1n) is 6.53. The topological polar surface area (TPSA) is 24.4 Å². The summed E-state index contributed by atoms with van der Waals surface area (Å²) in [4.78, 5) is 4.07. The lowest BCUT2D eigenvalue weighted by Crippen LogP contribution is -2.30. The Morgan fingerprint density at radius 1 is 1.16 bits per heavy atom. The molecule has 0 bridgehead atoms. The third-order valence-electron chi connectivity index (χ3n) is 2.81. The number of hydrogen-bond acceptors (Lipinski definition) is 2. The summed E-state index contributed by atoms with van der Waals surface area (Å²) < 4.78 is 0. The van der Waals surface area contributed by atoms with Crippen molar-refractivity contribution in [1.82, 2.24) is 5.32 Å². The van der Waals surface area contributed by atoms with Crippen molar-refractivity contribution in [3.63, 3.8) is 0 Å². The van der Waals surface area contributed by atoms with Crippen LogP contribution in [-0.4, -0.2) is 6.21 Å². The van der Waals surface area contributed by atoms with Crippen molar-refractivity contribution in [2.45, 2.75) is 27.7 Å². The van der Waals surface area contributed by atoms with Crippen LogP contribution >= 0.6 is 0 Å². The first-order valence-corrected chi connectivity index (χ1v) is 6.53. The summed E-state index contributed by atoms with van der Waals surface area (Å²) in [6, 6.07) is 8.35. The van der Waals surface area contributed by atoms with Crippen molar-refractivity contribution in [2.24, 2.45) is 4.99 Å². The molecule has 0 aliphatic rings. The van der Waals surface area contributed by atoms with Crippen molar-refractivity contribution < 1.29 is 0 Å². The van der Waals surface area contributed by atoms with E-state index in [0.717, 1.165) is 11.4 Å². The van der Waals surface area contributed by atoms with Crippen molar-refractivity contribution >= 4 is 18.0 Å². The quantitative estimate of drug-likeness (QED) is 0.648. The van der Waals surface area contributed by atoms with Gasteiger partial charge in [-0.05, 0) is 39.0 Å². The van der Waals surface area contributed by atoms with Gasteiger partial charge in [-0.25, -0.2) is 0 Å². The molecule has 0 aliphatic heterocycles. The fraction of sp³-hybridized carbons (Fsp3) is 0.235. The van der Waals surface area contributed by atoms with Gasteiger partial charge in [0.25, 0.3) is 0 Å². The van der Waals surface area contributed by atoms with E-state index in [4.69, 9.17) is 0 Å². The van der Waals surface area contributed by atoms with Crippen molar-refractivity contribution in [2.75, 3.05) is 0 Å². The Balaban J connectivity index is 3.10. The molecule has 1 aromatic carbocycles. The summed E-state index contributed by atoms with van der Waals surface area (Å²) in [5.41, 5.74) is 2.17. The van der Waals surface area contributed by atoms with Crippen LogP contribution in [0.1, 0.15) is 27.7 Å². The minimum atomic E-state index is 1.04. The number of aliphatic imine (C=N–C) groups is 1. The Bertz CT molecular complexity index is 604. The Kier molecular flexibility index (Phi) is 6.37. The second-order valence-electron chi connectivity index (χ2n) is 4.09. The lowest BCUT2D eigenvalue weighted by molar-refractivity contribution is 1.09. The van der Waals surface area contributed by atoms with Crippen molar-refractivity contribution in [3.05, 3.63) is 58.8 Å². The maximum Gasteiger partial charge on any atom is 0.0353 e. The van der Waals surface area contributed by atoms with E-state index < -0.39 is 0 Å². The van der Waals surface area contributed by atoms with E-state index in [2.05, 4.69) is 54.5 Å². The normalized spacial score (nSPS) is 15.4. The van der Waals surface area contributed by atoms with Gasteiger partial charge in [-0.15, -0.1) is 0 Å². The van der Waals surface area contributed by atoms with E-state index in [1.807, 2.05) is 26.0 Å². The van der Waals surface area contributed by atoms with Gasteiger partial charge < -0.3 is 5.32 Å². The minimum Gasteiger partial charge on any atom is -0.359 e. The lowest BCUT2D eigenvalue weighted by atomic mass is 10.2. The molecule has 2 heteroatoms. The van der Waals surface area contributed by atoms with Crippen LogP contribution in [0.5, 0.6) is 0 Å². The largest absolute Gasteiger partial charge is 0.359 e. The molecule has 100 valence electrons. The number of allylic oxidation sites excluding steroid dienone is 2. The molecule has 19 heavy (non-hydrogen) atoms. The highest BCUT2D eigenvalue weighted by atomic mass is 14.9. The molecule has 0 radical (unpaired) electrons. The van der Waals surface area contributed by atoms with Gasteiger partial charge in [0, 0.05) is 29.0 Å². The van der Waals surface area contributed by atoms with Gasteiger partial charge in [0.1, 0.15) is 0 Å². The molecule has 0 spiro atoms. The smallest absolute Gasteiger partial charge is 0.0353 e. The molecular weight excluding hydrogens is 232 g/mol. The number of rotatable bonds is 4. The van der Waals surface area contributed by atoms with Gasteiger partial charge in [0.2, 0.25) is 0 Å². The molecule has 0 saturated carbocycles. The fourth-order valence-corrected chi connectivity index (χ4v) is 1.79. The highest BCUT2D eigenvalue weighted by Crippen LogP contribution is 1.96. The molecule has 0 fully saturated rings. The second kappa shape index (κ2) is 8.09. The molecule has 0 heterocycles. The molecule has 0 atom stereocenters. The van der Waals surface area contributed by atoms with E-state index in [1.165, 1.54) is 10.4 Å². The SMILES string of the molecule is C\C=N/C=C\C(=C/C)N/C(C)=c1\cccc\c1=C\C. The molecular formula is C17H22N2. The Morgan fingerprint density at radius 3 is 2.53 bits per heavy atom. The maximum absolute atomic E-state index is 4.07. The molecule has 1 aromatic rings. The molecule has 0 aromatic heterocycles. The molecule has 0 saturated heterocycles. The summed E-state index contributed by atoms with van der Waals surface area (Å²) in [6.45, 7) is 8.05. The van der Waals surface area contributed by atoms with E-state index in [9.17, 15) is 0 Å². The zero-order chi connectivity index (χ0) is 14.1. The number of hydrogen-bond donors (Lipinski definition) is 1. The predicted octanol–water partition coefficient (Wildman–Crippen LogP) is 2.71. The number of benzene rings is 1. The van der Waals surface area contributed by atoms with Crippen LogP contribution < -0.4 is 15.8 Å². The van der Waals surface area contributed by atoms with E-state index in [-0.39, 0.29) is 0 Å². The molecule has 1 rings (SSSR count). The van der Waals surface area contributed by atoms with Crippen LogP contribution in [0, 0.1) is 0 Å². The summed E-state index contributed by atoms with van der Waals surface area (Å²) in [5, 5.41) is 5.87. The van der Waals surface area contributed by atoms with Crippen molar-refractivity contribution in [3.8, 4) is 0 Å². The first-order chi connectivity index (χ1) is 9.22. The van der Waals surface area contributed by atoms with Crippen molar-refractivity contribution in [1.29, 1.82) is 0 Å². The van der Waals surface area contributed by atoms with E-state index in [0.29, 0.717) is 0 Å². The summed E-state index contributed by atoms with van der Waals surface area (Å²) in [7, 11) is 0. The average Bonchev–Trinajstić information content (AvgIpc) is 2.46. The zero-order valence-corrected chi connectivity index (χ0v) is 12.1. The average molecular weight is 254 g/mol. The highest BCUT2D eigenvalue weighted by Gasteiger charge is 1.94. The van der Waals surface area contributed by atoms with Gasteiger partial charge in [0.15, 0.2) is 0 Å². The summed E-state index contributed by atoms with van der Waals surface area (Å²) in [6.07, 6.45) is 9.66. The van der Waals surface area contributed by atoms with E-state index in [1.54, 1.807) is 12.4 Å². The lowest BCUT2D eigenvalue weighted by Gasteiger charge is -2.07. The van der Waals surface area contributed by atoms with E-state index >= 15 is 0 Å². The van der Waals surface area contributed by atoms with Gasteiger partial charge in [-0.3, -0.25) is 4.99 Å². The van der Waals surface area contributed by atoms with Gasteiger partial charge in [-0.2, -0.15) is 0 Å². The third-order valence-corrected chi connectivity index (χ3v) is 2.81.